The first kappa shape index (κ1) is 29.9. The fourth-order valence-electron chi connectivity index (χ4n) is 3.12. The fourth-order valence-corrected chi connectivity index (χ4v) is 3.12. The molecule has 0 saturated carbocycles. The fraction of sp³-hybridized carbons (Fsp3) is 0.478. The Bertz CT molecular complexity index is 979. The lowest BCUT2D eigenvalue weighted by Crippen LogP contribution is -2.51. The van der Waals surface area contributed by atoms with Crippen LogP contribution in [0.25, 0.3) is 0 Å². The van der Waals surface area contributed by atoms with Gasteiger partial charge in [0.2, 0.25) is 0 Å². The van der Waals surface area contributed by atoms with Crippen LogP contribution in [0, 0.1) is 6.92 Å². The molecule has 2 atom stereocenters. The molecule has 198 valence electrons. The van der Waals surface area contributed by atoms with E-state index in [-0.39, 0.29) is 31.9 Å². The SMILES string of the molecule is CC(=O)OCc1ccc(C)cc1C(=O)NCCCCC(NC(=O)N[C@@H](CCC(=O)O)C(=O)O)C(=O)O. The maximum absolute atomic E-state index is 12.6. The van der Waals surface area contributed by atoms with E-state index in [4.69, 9.17) is 14.9 Å². The first-order chi connectivity index (χ1) is 16.9. The lowest BCUT2D eigenvalue weighted by atomic mass is 10.0. The van der Waals surface area contributed by atoms with Crippen molar-refractivity contribution >= 4 is 35.8 Å². The summed E-state index contributed by atoms with van der Waals surface area (Å²) in [4.78, 5) is 68.9. The molecular formula is C23H31N3O10. The average molecular weight is 510 g/mol. The number of carboxylic acids is 3. The van der Waals surface area contributed by atoms with Gasteiger partial charge in [-0.25, -0.2) is 14.4 Å². The Labute approximate surface area is 207 Å². The van der Waals surface area contributed by atoms with E-state index in [0.717, 1.165) is 5.56 Å². The number of carboxylic acid groups (broad SMARTS) is 3. The molecule has 0 spiro atoms. The second-order valence-corrected chi connectivity index (χ2v) is 8.02. The highest BCUT2D eigenvalue weighted by Crippen LogP contribution is 2.13. The van der Waals surface area contributed by atoms with Gasteiger partial charge in [-0.15, -0.1) is 0 Å². The van der Waals surface area contributed by atoms with Crippen molar-refractivity contribution in [3.05, 3.63) is 34.9 Å². The maximum atomic E-state index is 12.6. The van der Waals surface area contributed by atoms with E-state index < -0.39 is 48.4 Å². The Morgan fingerprint density at radius 3 is 2.08 bits per heavy atom. The summed E-state index contributed by atoms with van der Waals surface area (Å²) in [5.41, 5.74) is 1.74. The van der Waals surface area contributed by atoms with Crippen LogP contribution in [0.1, 0.15) is 60.5 Å². The Kier molecular flexibility index (Phi) is 12.4. The van der Waals surface area contributed by atoms with Gasteiger partial charge >= 0.3 is 29.9 Å². The molecule has 13 heteroatoms. The van der Waals surface area contributed by atoms with Gasteiger partial charge in [0.15, 0.2) is 0 Å². The van der Waals surface area contributed by atoms with Crippen molar-refractivity contribution in [2.45, 2.75) is 64.6 Å². The highest BCUT2D eigenvalue weighted by atomic mass is 16.5. The van der Waals surface area contributed by atoms with Crippen molar-refractivity contribution in [2.24, 2.45) is 0 Å². The predicted octanol–water partition coefficient (Wildman–Crippen LogP) is 1.03. The molecular weight excluding hydrogens is 478 g/mol. The number of aliphatic carboxylic acids is 3. The van der Waals surface area contributed by atoms with Crippen LogP contribution < -0.4 is 16.0 Å². The van der Waals surface area contributed by atoms with Gasteiger partial charge in [0.1, 0.15) is 18.7 Å². The summed E-state index contributed by atoms with van der Waals surface area (Å²) in [7, 11) is 0. The van der Waals surface area contributed by atoms with Crippen molar-refractivity contribution in [1.29, 1.82) is 0 Å². The molecule has 36 heavy (non-hydrogen) atoms. The lowest BCUT2D eigenvalue weighted by Gasteiger charge is -2.18. The lowest BCUT2D eigenvalue weighted by molar-refractivity contribution is -0.143. The number of hydrogen-bond acceptors (Lipinski definition) is 7. The zero-order valence-corrected chi connectivity index (χ0v) is 20.0. The Balaban J connectivity index is 2.54. The van der Waals surface area contributed by atoms with Crippen LogP contribution in [0.4, 0.5) is 4.79 Å². The number of aryl methyl sites for hydroxylation is 1. The number of carbonyl (C=O) groups is 6. The van der Waals surface area contributed by atoms with E-state index in [1.54, 1.807) is 18.2 Å². The van der Waals surface area contributed by atoms with Crippen molar-refractivity contribution in [1.82, 2.24) is 16.0 Å². The molecule has 6 N–H and O–H groups in total. The second-order valence-electron chi connectivity index (χ2n) is 8.02. The number of amides is 3. The van der Waals surface area contributed by atoms with E-state index in [2.05, 4.69) is 16.0 Å². The van der Waals surface area contributed by atoms with E-state index >= 15 is 0 Å². The van der Waals surface area contributed by atoms with Crippen molar-refractivity contribution in [3.63, 3.8) is 0 Å². The van der Waals surface area contributed by atoms with Gasteiger partial charge in [-0.3, -0.25) is 14.4 Å². The normalized spacial score (nSPS) is 12.1. The quantitative estimate of drug-likeness (QED) is 0.146. The molecule has 0 aromatic heterocycles. The van der Waals surface area contributed by atoms with Crippen LogP contribution in [0.5, 0.6) is 0 Å². The van der Waals surface area contributed by atoms with Gasteiger partial charge in [-0.2, -0.15) is 0 Å². The van der Waals surface area contributed by atoms with Gasteiger partial charge in [-0.1, -0.05) is 17.7 Å². The van der Waals surface area contributed by atoms with E-state index in [1.807, 2.05) is 6.92 Å². The summed E-state index contributed by atoms with van der Waals surface area (Å²) in [5.74, 6) is -4.87. The molecule has 0 aliphatic heterocycles. The Morgan fingerprint density at radius 1 is 0.917 bits per heavy atom. The van der Waals surface area contributed by atoms with Gasteiger partial charge in [-0.05, 0) is 38.7 Å². The van der Waals surface area contributed by atoms with Crippen LogP contribution in [-0.4, -0.2) is 69.8 Å². The molecule has 3 amide bonds. The monoisotopic (exact) mass is 509 g/mol. The second kappa shape index (κ2) is 15.0. The average Bonchev–Trinajstić information content (AvgIpc) is 2.79. The number of unbranched alkanes of at least 4 members (excludes halogenated alkanes) is 1. The van der Waals surface area contributed by atoms with E-state index in [9.17, 15) is 33.9 Å². The third-order valence-corrected chi connectivity index (χ3v) is 5.00. The summed E-state index contributed by atoms with van der Waals surface area (Å²) in [6.07, 6.45) is -0.140. The number of urea groups is 1. The van der Waals surface area contributed by atoms with Crippen LogP contribution in [0.2, 0.25) is 0 Å². The highest BCUT2D eigenvalue weighted by Gasteiger charge is 2.24. The molecule has 0 aliphatic carbocycles. The number of hydrogen-bond donors (Lipinski definition) is 6. The summed E-state index contributed by atoms with van der Waals surface area (Å²) in [6, 6.07) is 1.29. The molecule has 1 aromatic rings. The van der Waals surface area contributed by atoms with E-state index in [0.29, 0.717) is 24.0 Å². The predicted molar refractivity (Wildman–Crippen MR) is 124 cm³/mol. The van der Waals surface area contributed by atoms with Crippen LogP contribution in [0.3, 0.4) is 0 Å². The standard InChI is InChI=1S/C23H31N3O10/c1-13-6-7-15(12-36-14(2)27)16(11-13)20(30)24-10-4-3-5-17(21(31)32)25-23(35)26-18(22(33)34)8-9-19(28)29/h6-7,11,17-18H,3-5,8-10,12H2,1-2H3,(H,24,30)(H,28,29)(H,31,32)(H,33,34)(H2,25,26,35)/t17?,18-/m0/s1. The molecule has 1 unspecified atom stereocenters. The molecule has 13 nitrogen and oxygen atoms in total. The number of rotatable bonds is 15. The molecule has 1 aromatic carbocycles. The molecule has 0 radical (unpaired) electrons. The summed E-state index contributed by atoms with van der Waals surface area (Å²) < 4.78 is 4.97. The topological polar surface area (TPSA) is 208 Å². The summed E-state index contributed by atoms with van der Waals surface area (Å²) >= 11 is 0. The van der Waals surface area contributed by atoms with Gasteiger partial charge in [0, 0.05) is 31.0 Å². The number of benzene rings is 1. The third-order valence-electron chi connectivity index (χ3n) is 5.00. The highest BCUT2D eigenvalue weighted by molar-refractivity contribution is 5.96. The smallest absolute Gasteiger partial charge is 0.326 e. The van der Waals surface area contributed by atoms with Gasteiger partial charge < -0.3 is 36.0 Å². The number of esters is 1. The number of carbonyl (C=O) groups excluding carboxylic acids is 3. The van der Waals surface area contributed by atoms with Gasteiger partial charge in [0.25, 0.3) is 5.91 Å². The van der Waals surface area contributed by atoms with Crippen LogP contribution in [0.15, 0.2) is 18.2 Å². The summed E-state index contributed by atoms with van der Waals surface area (Å²) in [5, 5.41) is 34.0. The van der Waals surface area contributed by atoms with E-state index in [1.165, 1.54) is 6.92 Å². The minimum atomic E-state index is -1.49. The zero-order valence-electron chi connectivity index (χ0n) is 20.0. The minimum absolute atomic E-state index is 0.00757. The Hall–Kier alpha value is -4.16. The van der Waals surface area contributed by atoms with Crippen molar-refractivity contribution in [3.8, 4) is 0 Å². The number of ether oxygens (including phenoxy) is 1. The maximum Gasteiger partial charge on any atom is 0.326 e. The van der Waals surface area contributed by atoms with Crippen LogP contribution in [-0.2, 0) is 30.5 Å². The minimum Gasteiger partial charge on any atom is -0.481 e. The first-order valence-corrected chi connectivity index (χ1v) is 11.2. The molecule has 0 saturated heterocycles. The summed E-state index contributed by atoms with van der Waals surface area (Å²) in [6.45, 7) is 3.24. The molecule has 0 fully saturated rings. The molecule has 0 heterocycles. The Morgan fingerprint density at radius 2 is 1.53 bits per heavy atom. The van der Waals surface area contributed by atoms with Crippen molar-refractivity contribution in [2.75, 3.05) is 6.54 Å². The number of nitrogens with one attached hydrogen (secondary N) is 3. The zero-order chi connectivity index (χ0) is 27.3. The molecule has 0 bridgehead atoms. The van der Waals surface area contributed by atoms with Crippen molar-refractivity contribution < 1.29 is 48.8 Å². The molecule has 0 aliphatic rings. The first-order valence-electron chi connectivity index (χ1n) is 11.2. The molecule has 1 rings (SSSR count). The van der Waals surface area contributed by atoms with Crippen LogP contribution >= 0.6 is 0 Å². The largest absolute Gasteiger partial charge is 0.481 e. The third kappa shape index (κ3) is 11.3. The van der Waals surface area contributed by atoms with Gasteiger partial charge in [0.05, 0.1) is 0 Å².